The highest BCUT2D eigenvalue weighted by Gasteiger charge is 2.20. The van der Waals surface area contributed by atoms with Crippen LogP contribution in [0.2, 0.25) is 0 Å². The average Bonchev–Trinajstić information content (AvgIpc) is 2.47. The van der Waals surface area contributed by atoms with E-state index in [2.05, 4.69) is 9.97 Å². The van der Waals surface area contributed by atoms with Crippen molar-refractivity contribution < 1.29 is 9.84 Å². The molecule has 1 aliphatic carbocycles. The molecule has 0 saturated heterocycles. The number of aromatic nitrogens is 2. The lowest BCUT2D eigenvalue weighted by atomic mass is 9.95. The van der Waals surface area contributed by atoms with E-state index >= 15 is 0 Å². The summed E-state index contributed by atoms with van der Waals surface area (Å²) in [5, 5.41) is 10.0. The van der Waals surface area contributed by atoms with Crippen molar-refractivity contribution in [2.45, 2.75) is 44.5 Å². The summed E-state index contributed by atoms with van der Waals surface area (Å²) in [6.07, 6.45) is 3.25. The van der Waals surface area contributed by atoms with Gasteiger partial charge in [-0.2, -0.15) is 0 Å². The molecule has 2 aromatic rings. The first-order valence-electron chi connectivity index (χ1n) is 7.00. The van der Waals surface area contributed by atoms with E-state index in [9.17, 15) is 9.90 Å². The van der Waals surface area contributed by atoms with Crippen LogP contribution in [0.1, 0.15) is 31.5 Å². The molecule has 1 aromatic heterocycles. The molecule has 5 heteroatoms. The molecule has 1 aromatic carbocycles. The summed E-state index contributed by atoms with van der Waals surface area (Å²) in [7, 11) is 0. The van der Waals surface area contributed by atoms with Crippen molar-refractivity contribution in [3.05, 3.63) is 40.4 Å². The van der Waals surface area contributed by atoms with Crippen LogP contribution in [-0.4, -0.2) is 27.3 Å². The van der Waals surface area contributed by atoms with Gasteiger partial charge in [0, 0.05) is 0 Å². The van der Waals surface area contributed by atoms with Gasteiger partial charge in [0.1, 0.15) is 12.4 Å². The number of aliphatic hydroxyl groups excluding tert-OH is 1. The molecule has 1 aliphatic rings. The number of H-pyrrole nitrogens is 1. The Kier molecular flexibility index (Phi) is 3.80. The van der Waals surface area contributed by atoms with Crippen LogP contribution in [0.4, 0.5) is 0 Å². The number of para-hydroxylation sites is 1. The zero-order valence-electron chi connectivity index (χ0n) is 11.2. The molecule has 20 heavy (non-hydrogen) atoms. The Hall–Kier alpha value is -1.72. The van der Waals surface area contributed by atoms with Crippen molar-refractivity contribution in [2.75, 3.05) is 0 Å². The first-order chi connectivity index (χ1) is 9.72. The van der Waals surface area contributed by atoms with Crippen LogP contribution in [0.5, 0.6) is 0 Å². The van der Waals surface area contributed by atoms with Crippen molar-refractivity contribution >= 4 is 10.9 Å². The quantitative estimate of drug-likeness (QED) is 0.894. The number of hydrogen-bond acceptors (Lipinski definition) is 4. The maximum absolute atomic E-state index is 11.9. The lowest BCUT2D eigenvalue weighted by Gasteiger charge is -2.25. The number of fused-ring (bicyclic) bond motifs is 1. The van der Waals surface area contributed by atoms with Crippen LogP contribution < -0.4 is 5.56 Å². The Morgan fingerprint density at radius 2 is 2.00 bits per heavy atom. The molecule has 0 unspecified atom stereocenters. The molecule has 0 atom stereocenters. The van der Waals surface area contributed by atoms with E-state index in [0.29, 0.717) is 23.3 Å². The smallest absolute Gasteiger partial charge is 0.258 e. The van der Waals surface area contributed by atoms with Crippen LogP contribution in [0, 0.1) is 0 Å². The molecule has 3 rings (SSSR count). The third-order valence-electron chi connectivity index (χ3n) is 3.76. The Labute approximate surface area is 116 Å². The minimum absolute atomic E-state index is 0.131. The fourth-order valence-corrected chi connectivity index (χ4v) is 2.61. The number of hydrogen-bond donors (Lipinski definition) is 2. The Balaban J connectivity index is 1.70. The molecule has 0 bridgehead atoms. The normalized spacial score (nSPS) is 23.1. The van der Waals surface area contributed by atoms with Crippen LogP contribution in [0.3, 0.4) is 0 Å². The number of ether oxygens (including phenoxy) is 1. The van der Waals surface area contributed by atoms with Crippen LogP contribution in [-0.2, 0) is 11.3 Å². The van der Waals surface area contributed by atoms with E-state index in [4.69, 9.17) is 4.74 Å². The lowest BCUT2D eigenvalue weighted by molar-refractivity contribution is -0.0141. The molecule has 0 aliphatic heterocycles. The molecule has 0 amide bonds. The van der Waals surface area contributed by atoms with Crippen molar-refractivity contribution in [1.82, 2.24) is 9.97 Å². The second-order valence-electron chi connectivity index (χ2n) is 5.27. The number of nitrogens with zero attached hydrogens (tertiary/aromatic N) is 1. The van der Waals surface area contributed by atoms with Gasteiger partial charge in [-0.1, -0.05) is 12.1 Å². The third-order valence-corrected chi connectivity index (χ3v) is 3.76. The summed E-state index contributed by atoms with van der Waals surface area (Å²) >= 11 is 0. The highest BCUT2D eigenvalue weighted by atomic mass is 16.5. The van der Waals surface area contributed by atoms with Crippen molar-refractivity contribution in [1.29, 1.82) is 0 Å². The molecule has 1 saturated carbocycles. The fourth-order valence-electron chi connectivity index (χ4n) is 2.61. The van der Waals surface area contributed by atoms with Crippen LogP contribution in [0.15, 0.2) is 29.1 Å². The zero-order chi connectivity index (χ0) is 13.9. The van der Waals surface area contributed by atoms with Gasteiger partial charge < -0.3 is 14.8 Å². The van der Waals surface area contributed by atoms with Crippen molar-refractivity contribution in [2.24, 2.45) is 0 Å². The van der Waals surface area contributed by atoms with Gasteiger partial charge in [0.2, 0.25) is 0 Å². The van der Waals surface area contributed by atoms with Gasteiger partial charge in [-0.05, 0) is 37.8 Å². The minimum Gasteiger partial charge on any atom is -0.393 e. The highest BCUT2D eigenvalue weighted by molar-refractivity contribution is 5.77. The van der Waals surface area contributed by atoms with Gasteiger partial charge in [0.25, 0.3) is 5.56 Å². The fraction of sp³-hybridized carbons (Fsp3) is 0.467. The van der Waals surface area contributed by atoms with E-state index in [1.54, 1.807) is 6.07 Å². The van der Waals surface area contributed by atoms with E-state index < -0.39 is 0 Å². The maximum Gasteiger partial charge on any atom is 0.258 e. The molecule has 1 fully saturated rings. The first-order valence-corrected chi connectivity index (χ1v) is 7.00. The maximum atomic E-state index is 11.9. The van der Waals surface area contributed by atoms with E-state index in [1.807, 2.05) is 18.2 Å². The van der Waals surface area contributed by atoms with Crippen LogP contribution >= 0.6 is 0 Å². The summed E-state index contributed by atoms with van der Waals surface area (Å²) < 4.78 is 5.78. The Morgan fingerprint density at radius 3 is 2.80 bits per heavy atom. The van der Waals surface area contributed by atoms with Crippen molar-refractivity contribution in [3.63, 3.8) is 0 Å². The molecule has 106 valence electrons. The topological polar surface area (TPSA) is 75.2 Å². The second-order valence-corrected chi connectivity index (χ2v) is 5.27. The third kappa shape index (κ3) is 2.89. The van der Waals surface area contributed by atoms with Gasteiger partial charge >= 0.3 is 0 Å². The predicted octanol–water partition coefficient (Wildman–Crippen LogP) is 1.74. The van der Waals surface area contributed by atoms with E-state index in [1.165, 1.54) is 0 Å². The summed E-state index contributed by atoms with van der Waals surface area (Å²) in [5.74, 6) is 0.555. The molecular weight excluding hydrogens is 256 g/mol. The number of rotatable bonds is 3. The van der Waals surface area contributed by atoms with Crippen LogP contribution in [0.25, 0.3) is 10.9 Å². The van der Waals surface area contributed by atoms with Gasteiger partial charge in [0.05, 0.1) is 23.1 Å². The Bertz CT molecular complexity index is 645. The first kappa shape index (κ1) is 13.3. The standard InChI is InChI=1S/C15H18N2O3/c18-10-5-7-11(8-6-10)20-9-14-16-13-4-2-1-3-12(13)15(19)17-14/h1-4,10-11,18H,5-9H2,(H,16,17,19). The zero-order valence-corrected chi connectivity index (χ0v) is 11.2. The van der Waals surface area contributed by atoms with E-state index in [0.717, 1.165) is 25.7 Å². The average molecular weight is 274 g/mol. The van der Waals surface area contributed by atoms with E-state index in [-0.39, 0.29) is 17.8 Å². The SMILES string of the molecule is O=c1[nH]c(COC2CCC(O)CC2)nc2ccccc12. The molecule has 0 spiro atoms. The number of nitrogens with one attached hydrogen (secondary N) is 1. The monoisotopic (exact) mass is 274 g/mol. The van der Waals surface area contributed by atoms with Gasteiger partial charge in [-0.25, -0.2) is 4.98 Å². The van der Waals surface area contributed by atoms with Gasteiger partial charge in [-0.3, -0.25) is 4.79 Å². The minimum atomic E-state index is -0.187. The summed E-state index contributed by atoms with van der Waals surface area (Å²) in [6, 6.07) is 7.27. The summed E-state index contributed by atoms with van der Waals surface area (Å²) in [5.41, 5.74) is 0.558. The molecular formula is C15H18N2O3. The molecule has 5 nitrogen and oxygen atoms in total. The molecule has 1 heterocycles. The van der Waals surface area contributed by atoms with Gasteiger partial charge in [0.15, 0.2) is 0 Å². The van der Waals surface area contributed by atoms with Crippen molar-refractivity contribution in [3.8, 4) is 0 Å². The Morgan fingerprint density at radius 1 is 1.25 bits per heavy atom. The molecule has 2 N–H and O–H groups in total. The predicted molar refractivity (Wildman–Crippen MR) is 75.4 cm³/mol. The number of aromatic amines is 1. The summed E-state index contributed by atoms with van der Waals surface area (Å²) in [4.78, 5) is 19.1. The molecule has 0 radical (unpaired) electrons. The lowest BCUT2D eigenvalue weighted by Crippen LogP contribution is -2.25. The number of aliphatic hydroxyl groups is 1. The largest absolute Gasteiger partial charge is 0.393 e. The van der Waals surface area contributed by atoms with Gasteiger partial charge in [-0.15, -0.1) is 0 Å². The summed E-state index contributed by atoms with van der Waals surface area (Å²) in [6.45, 7) is 0.306. The second kappa shape index (κ2) is 5.73. The number of benzene rings is 1. The highest BCUT2D eigenvalue weighted by Crippen LogP contribution is 2.21.